The van der Waals surface area contributed by atoms with Crippen LogP contribution in [0.15, 0.2) is 53.5 Å². The summed E-state index contributed by atoms with van der Waals surface area (Å²) in [6.07, 6.45) is 5.55. The molecular weight excluding hydrogens is 322 g/mol. The van der Waals surface area contributed by atoms with Crippen LogP contribution in [0, 0.1) is 0 Å². The summed E-state index contributed by atoms with van der Waals surface area (Å²) in [7, 11) is 0. The molecular formula is C14H9F4NO2S. The van der Waals surface area contributed by atoms with Crippen molar-refractivity contribution in [1.82, 2.24) is 4.90 Å². The Kier molecular flexibility index (Phi) is 3.17. The highest BCUT2D eigenvalue weighted by molar-refractivity contribution is 7.10. The highest BCUT2D eigenvalue weighted by Gasteiger charge is 2.72. The van der Waals surface area contributed by atoms with E-state index in [-0.39, 0.29) is 5.92 Å². The molecule has 2 heterocycles. The molecule has 0 amide bonds. The van der Waals surface area contributed by atoms with E-state index in [9.17, 15) is 27.5 Å². The Bertz CT molecular complexity index is 692. The fourth-order valence-electron chi connectivity index (χ4n) is 2.24. The Morgan fingerprint density at radius 3 is 2.23 bits per heavy atom. The van der Waals surface area contributed by atoms with Crippen molar-refractivity contribution in [3.63, 3.8) is 0 Å². The summed E-state index contributed by atoms with van der Waals surface area (Å²) < 4.78 is 53.2. The second-order valence-corrected chi connectivity index (χ2v) is 5.79. The lowest BCUT2D eigenvalue weighted by Gasteiger charge is -2.21. The minimum atomic E-state index is -4.95. The van der Waals surface area contributed by atoms with Gasteiger partial charge in [0, 0.05) is 23.2 Å². The van der Waals surface area contributed by atoms with Crippen molar-refractivity contribution in [2.75, 3.05) is 0 Å². The number of ketones is 1. The Labute approximate surface area is 126 Å². The summed E-state index contributed by atoms with van der Waals surface area (Å²) in [5, 5.41) is 11.2. The van der Waals surface area contributed by atoms with Crippen LogP contribution in [0.2, 0.25) is 0 Å². The molecule has 0 atom stereocenters. The first-order chi connectivity index (χ1) is 10.3. The van der Waals surface area contributed by atoms with E-state index >= 15 is 0 Å². The van der Waals surface area contributed by atoms with Gasteiger partial charge in [-0.05, 0) is 11.4 Å². The van der Waals surface area contributed by atoms with Crippen molar-refractivity contribution in [3.8, 4) is 0 Å². The highest BCUT2D eigenvalue weighted by Crippen LogP contribution is 2.49. The lowest BCUT2D eigenvalue weighted by molar-refractivity contribution is -0.190. The van der Waals surface area contributed by atoms with Gasteiger partial charge in [-0.1, -0.05) is 18.2 Å². The number of thiophene rings is 1. The fraction of sp³-hybridized carbons (Fsp3) is 0.214. The van der Waals surface area contributed by atoms with Gasteiger partial charge in [0.1, 0.15) is 5.70 Å². The van der Waals surface area contributed by atoms with Crippen molar-refractivity contribution < 1.29 is 27.5 Å². The molecule has 0 bridgehead atoms. The molecule has 1 aromatic heterocycles. The second kappa shape index (κ2) is 4.70. The van der Waals surface area contributed by atoms with Gasteiger partial charge in [-0.2, -0.15) is 17.6 Å². The van der Waals surface area contributed by atoms with Gasteiger partial charge in [-0.3, -0.25) is 4.79 Å². The number of nitrogens with zero attached hydrogens (tertiary/aromatic N) is 1. The Hall–Kier alpha value is -2.09. The van der Waals surface area contributed by atoms with Crippen LogP contribution in [0.25, 0.3) is 0 Å². The highest BCUT2D eigenvalue weighted by atomic mass is 32.1. The predicted molar refractivity (Wildman–Crippen MR) is 71.7 cm³/mol. The molecule has 1 aliphatic carbocycles. The number of aliphatic hydroxyl groups is 1. The van der Waals surface area contributed by atoms with E-state index in [1.807, 2.05) is 17.5 Å². The monoisotopic (exact) mass is 331 g/mol. The third kappa shape index (κ3) is 1.90. The molecule has 1 aliphatic heterocycles. The molecule has 8 heteroatoms. The summed E-state index contributed by atoms with van der Waals surface area (Å²) in [5.41, 5.74) is -1.10. The molecule has 0 saturated carbocycles. The van der Waals surface area contributed by atoms with Crippen molar-refractivity contribution in [2.45, 2.75) is 17.8 Å². The quantitative estimate of drug-likeness (QED) is 0.838. The average molecular weight is 331 g/mol. The van der Waals surface area contributed by atoms with Gasteiger partial charge in [0.15, 0.2) is 5.76 Å². The van der Waals surface area contributed by atoms with Crippen LogP contribution in [0.3, 0.4) is 0 Å². The molecule has 1 N–H and O–H groups in total. The van der Waals surface area contributed by atoms with Crippen LogP contribution in [0.1, 0.15) is 10.8 Å². The lowest BCUT2D eigenvalue weighted by atomic mass is 10.1. The number of halogens is 4. The summed E-state index contributed by atoms with van der Waals surface area (Å²) in [5.74, 6) is -14.0. The van der Waals surface area contributed by atoms with E-state index in [1.165, 1.54) is 23.7 Å². The number of Topliss-reactive ketones (excluding diaryl/α,β-unsaturated/α-hetero) is 1. The molecule has 22 heavy (non-hydrogen) atoms. The summed E-state index contributed by atoms with van der Waals surface area (Å²) >= 11 is 1.47. The third-order valence-corrected chi connectivity index (χ3v) is 4.43. The summed E-state index contributed by atoms with van der Waals surface area (Å²) in [6, 6.07) is 3.70. The number of hydrogen-bond donors (Lipinski definition) is 1. The van der Waals surface area contributed by atoms with Crippen LogP contribution in [-0.2, 0) is 4.79 Å². The first-order valence-electron chi connectivity index (χ1n) is 6.19. The number of allylic oxidation sites excluding steroid dienone is 4. The minimum Gasteiger partial charge on any atom is -0.505 e. The normalized spacial score (nSPS) is 23.6. The fourth-order valence-corrected chi connectivity index (χ4v) is 3.03. The summed E-state index contributed by atoms with van der Waals surface area (Å²) in [6.45, 7) is 0. The first-order valence-corrected chi connectivity index (χ1v) is 7.07. The van der Waals surface area contributed by atoms with Gasteiger partial charge in [0.25, 0.3) is 5.78 Å². The van der Waals surface area contributed by atoms with Crippen LogP contribution < -0.4 is 0 Å². The molecule has 0 aromatic carbocycles. The molecule has 0 spiro atoms. The van der Waals surface area contributed by atoms with Crippen molar-refractivity contribution in [1.29, 1.82) is 0 Å². The number of carbonyl (C=O) groups is 1. The number of hydrogen-bond acceptors (Lipinski definition) is 4. The van der Waals surface area contributed by atoms with Gasteiger partial charge in [-0.25, -0.2) is 0 Å². The molecule has 116 valence electrons. The Morgan fingerprint density at radius 1 is 1.14 bits per heavy atom. The predicted octanol–water partition coefficient (Wildman–Crippen LogP) is 3.80. The van der Waals surface area contributed by atoms with E-state index in [0.717, 1.165) is 9.78 Å². The number of carbonyl (C=O) groups excluding carboxylic acids is 1. The van der Waals surface area contributed by atoms with Gasteiger partial charge in [-0.15, -0.1) is 11.3 Å². The molecule has 0 saturated heterocycles. The zero-order chi connectivity index (χ0) is 16.1. The van der Waals surface area contributed by atoms with E-state index in [0.29, 0.717) is 0 Å². The maximum absolute atomic E-state index is 13.3. The Morgan fingerprint density at radius 2 is 1.77 bits per heavy atom. The largest absolute Gasteiger partial charge is 0.505 e. The molecule has 0 unspecified atom stereocenters. The summed E-state index contributed by atoms with van der Waals surface area (Å²) in [4.78, 5) is 13.3. The zero-order valence-electron chi connectivity index (χ0n) is 10.8. The lowest BCUT2D eigenvalue weighted by Crippen LogP contribution is -2.43. The second-order valence-electron chi connectivity index (χ2n) is 4.81. The van der Waals surface area contributed by atoms with E-state index < -0.39 is 29.1 Å². The third-order valence-electron chi connectivity index (χ3n) is 3.45. The molecule has 0 radical (unpaired) electrons. The van der Waals surface area contributed by atoms with Crippen LogP contribution in [0.4, 0.5) is 17.6 Å². The van der Waals surface area contributed by atoms with Crippen LogP contribution in [-0.4, -0.2) is 27.6 Å². The molecule has 1 aromatic rings. The zero-order valence-corrected chi connectivity index (χ0v) is 11.7. The first kappa shape index (κ1) is 14.8. The average Bonchev–Trinajstić information content (AvgIpc) is 3.04. The molecule has 0 fully saturated rings. The number of alkyl halides is 4. The maximum atomic E-state index is 13.3. The number of aliphatic hydroxyl groups excluding tert-OH is 1. The van der Waals surface area contributed by atoms with Crippen LogP contribution >= 0.6 is 11.3 Å². The minimum absolute atomic E-state index is 0.142. The van der Waals surface area contributed by atoms with Gasteiger partial charge in [0.05, 0.1) is 0 Å². The molecule has 2 aliphatic rings. The van der Waals surface area contributed by atoms with Gasteiger partial charge < -0.3 is 10.0 Å². The van der Waals surface area contributed by atoms with Gasteiger partial charge in [0.2, 0.25) is 0 Å². The van der Waals surface area contributed by atoms with Crippen LogP contribution in [0.5, 0.6) is 0 Å². The van der Waals surface area contributed by atoms with Gasteiger partial charge >= 0.3 is 11.8 Å². The standard InChI is InChI=1S/C14H9F4NO2S/c15-13(16)11(20)10(12(21)14(13,17)18)19-5-3-8(4-6-19)9-2-1-7-22-9/h1-8,20H. The maximum Gasteiger partial charge on any atom is 0.380 e. The number of rotatable bonds is 2. The smallest absolute Gasteiger partial charge is 0.380 e. The van der Waals surface area contributed by atoms with E-state index in [4.69, 9.17) is 0 Å². The molecule has 3 rings (SSSR count). The Balaban J connectivity index is 1.91. The SMILES string of the molecule is O=C1C(N2C=CC(c3cccs3)C=C2)=C(O)C(F)(F)C1(F)F. The van der Waals surface area contributed by atoms with Crippen molar-refractivity contribution in [3.05, 3.63) is 58.4 Å². The van der Waals surface area contributed by atoms with Crippen molar-refractivity contribution in [2.24, 2.45) is 0 Å². The van der Waals surface area contributed by atoms with E-state index in [2.05, 4.69) is 0 Å². The molecule has 3 nitrogen and oxygen atoms in total. The van der Waals surface area contributed by atoms with E-state index in [1.54, 1.807) is 12.2 Å². The van der Waals surface area contributed by atoms with Crippen molar-refractivity contribution >= 4 is 17.1 Å². The topological polar surface area (TPSA) is 40.5 Å².